The molecule has 1 aromatic carbocycles. The molecule has 0 spiro atoms. The molecule has 0 unspecified atom stereocenters. The van der Waals surface area contributed by atoms with E-state index in [9.17, 15) is 10.1 Å². The van der Waals surface area contributed by atoms with Crippen LogP contribution in [0.1, 0.15) is 24.0 Å². The molecule has 0 aromatic heterocycles. The van der Waals surface area contributed by atoms with Gasteiger partial charge in [-0.05, 0) is 25.3 Å². The summed E-state index contributed by atoms with van der Waals surface area (Å²) >= 11 is 0. The topological polar surface area (TPSA) is 64.4 Å². The van der Waals surface area contributed by atoms with Gasteiger partial charge in [-0.3, -0.25) is 10.1 Å². The van der Waals surface area contributed by atoms with E-state index < -0.39 is 0 Å². The number of nitrogens with zero attached hydrogens (tertiary/aromatic N) is 1. The van der Waals surface area contributed by atoms with E-state index in [1.165, 1.54) is 0 Å². The maximum atomic E-state index is 10.8. The summed E-state index contributed by atoms with van der Waals surface area (Å²) in [6, 6.07) is 5.85. The van der Waals surface area contributed by atoms with Crippen molar-refractivity contribution in [3.8, 4) is 0 Å². The predicted octanol–water partition coefficient (Wildman–Crippen LogP) is 2.17. The Morgan fingerprint density at radius 1 is 1.50 bits per heavy atom. The molecule has 2 rings (SSSR count). The highest BCUT2D eigenvalue weighted by Crippen LogP contribution is 2.24. The molecule has 5 nitrogen and oxygen atoms in total. The second kappa shape index (κ2) is 5.46. The Morgan fingerprint density at radius 3 is 2.83 bits per heavy atom. The first-order valence-corrected chi connectivity index (χ1v) is 6.10. The van der Waals surface area contributed by atoms with E-state index >= 15 is 0 Å². The predicted molar refractivity (Wildman–Crippen MR) is 68.5 cm³/mol. The molecule has 1 saturated carbocycles. The second-order valence-electron chi connectivity index (χ2n) is 4.78. The summed E-state index contributed by atoms with van der Waals surface area (Å²) < 4.78 is 5.21. The number of nitro groups is 1. The SMILES string of the molecule is COC1CC(NCc2ccc(C)c([N+](=O)[O-])c2)C1. The minimum atomic E-state index is -0.330. The molecule has 1 fully saturated rings. The van der Waals surface area contributed by atoms with Gasteiger partial charge in [0.1, 0.15) is 0 Å². The van der Waals surface area contributed by atoms with Crippen LogP contribution in [0.2, 0.25) is 0 Å². The van der Waals surface area contributed by atoms with Crippen molar-refractivity contribution in [2.75, 3.05) is 7.11 Å². The zero-order valence-electron chi connectivity index (χ0n) is 10.7. The summed E-state index contributed by atoms with van der Waals surface area (Å²) in [5.41, 5.74) is 1.85. The molecule has 1 aromatic rings. The maximum Gasteiger partial charge on any atom is 0.272 e. The van der Waals surface area contributed by atoms with Crippen molar-refractivity contribution >= 4 is 5.69 Å². The fourth-order valence-corrected chi connectivity index (χ4v) is 2.15. The van der Waals surface area contributed by atoms with Crippen molar-refractivity contribution in [3.05, 3.63) is 39.4 Å². The van der Waals surface area contributed by atoms with Gasteiger partial charge in [0.25, 0.3) is 5.69 Å². The van der Waals surface area contributed by atoms with E-state index in [1.54, 1.807) is 26.2 Å². The lowest BCUT2D eigenvalue weighted by Gasteiger charge is -2.34. The Bertz CT molecular complexity index is 442. The summed E-state index contributed by atoms with van der Waals surface area (Å²) in [4.78, 5) is 10.5. The van der Waals surface area contributed by atoms with E-state index in [1.807, 2.05) is 6.07 Å². The molecule has 0 amide bonds. The first-order valence-electron chi connectivity index (χ1n) is 6.10. The Kier molecular flexibility index (Phi) is 3.93. The molecule has 0 atom stereocenters. The molecule has 1 aliphatic carbocycles. The highest BCUT2D eigenvalue weighted by Gasteiger charge is 2.28. The van der Waals surface area contributed by atoms with Gasteiger partial charge >= 0.3 is 0 Å². The number of rotatable bonds is 5. The third-order valence-corrected chi connectivity index (χ3v) is 3.49. The standard InChI is InChI=1S/C13H18N2O3/c1-9-3-4-10(5-13(9)15(16)17)8-14-11-6-12(7-11)18-2/h3-5,11-12,14H,6-8H2,1-2H3. The Morgan fingerprint density at radius 2 is 2.22 bits per heavy atom. The largest absolute Gasteiger partial charge is 0.381 e. The van der Waals surface area contributed by atoms with Crippen molar-refractivity contribution in [2.24, 2.45) is 0 Å². The molecule has 0 radical (unpaired) electrons. The minimum Gasteiger partial charge on any atom is -0.381 e. The van der Waals surface area contributed by atoms with E-state index in [0.29, 0.717) is 24.3 Å². The molecule has 1 aliphatic rings. The zero-order chi connectivity index (χ0) is 13.1. The van der Waals surface area contributed by atoms with Crippen molar-refractivity contribution in [1.82, 2.24) is 5.32 Å². The van der Waals surface area contributed by atoms with Crippen molar-refractivity contribution in [1.29, 1.82) is 0 Å². The van der Waals surface area contributed by atoms with Gasteiger partial charge in [-0.15, -0.1) is 0 Å². The van der Waals surface area contributed by atoms with Crippen LogP contribution in [-0.2, 0) is 11.3 Å². The van der Waals surface area contributed by atoms with Crippen molar-refractivity contribution in [3.63, 3.8) is 0 Å². The smallest absolute Gasteiger partial charge is 0.272 e. The lowest BCUT2D eigenvalue weighted by atomic mass is 9.89. The molecule has 5 heteroatoms. The minimum absolute atomic E-state index is 0.192. The van der Waals surface area contributed by atoms with Crippen LogP contribution in [0.5, 0.6) is 0 Å². The summed E-state index contributed by atoms with van der Waals surface area (Å²) in [5, 5.41) is 14.2. The number of methoxy groups -OCH3 is 1. The number of aryl methyl sites for hydroxylation is 1. The van der Waals surface area contributed by atoms with Crippen LogP contribution >= 0.6 is 0 Å². The first kappa shape index (κ1) is 13.0. The number of hydrogen-bond donors (Lipinski definition) is 1. The van der Waals surface area contributed by atoms with Crippen LogP contribution in [0, 0.1) is 17.0 Å². The highest BCUT2D eigenvalue weighted by atomic mass is 16.6. The Hall–Kier alpha value is -1.46. The average molecular weight is 250 g/mol. The fourth-order valence-electron chi connectivity index (χ4n) is 2.15. The molecule has 0 aliphatic heterocycles. The van der Waals surface area contributed by atoms with Crippen LogP contribution in [0.4, 0.5) is 5.69 Å². The van der Waals surface area contributed by atoms with Crippen LogP contribution in [0.3, 0.4) is 0 Å². The van der Waals surface area contributed by atoms with Gasteiger partial charge in [-0.25, -0.2) is 0 Å². The number of benzene rings is 1. The third-order valence-electron chi connectivity index (χ3n) is 3.49. The number of hydrogen-bond acceptors (Lipinski definition) is 4. The van der Waals surface area contributed by atoms with Gasteiger partial charge in [0.05, 0.1) is 11.0 Å². The third kappa shape index (κ3) is 2.86. The summed E-state index contributed by atoms with van der Waals surface area (Å²) in [6.07, 6.45) is 2.41. The summed E-state index contributed by atoms with van der Waals surface area (Å²) in [7, 11) is 1.73. The van der Waals surface area contributed by atoms with E-state index in [-0.39, 0.29) is 10.6 Å². The van der Waals surface area contributed by atoms with Crippen molar-refractivity contribution in [2.45, 2.75) is 38.5 Å². The van der Waals surface area contributed by atoms with Crippen LogP contribution in [-0.4, -0.2) is 24.2 Å². The van der Waals surface area contributed by atoms with Gasteiger partial charge < -0.3 is 10.1 Å². The van der Waals surface area contributed by atoms with Crippen LogP contribution < -0.4 is 5.32 Å². The van der Waals surface area contributed by atoms with Gasteiger partial charge in [-0.1, -0.05) is 12.1 Å². The maximum absolute atomic E-state index is 10.8. The van der Waals surface area contributed by atoms with Gasteiger partial charge in [0.15, 0.2) is 0 Å². The monoisotopic (exact) mass is 250 g/mol. The molecule has 98 valence electrons. The van der Waals surface area contributed by atoms with Crippen molar-refractivity contribution < 1.29 is 9.66 Å². The number of ether oxygens (including phenoxy) is 1. The van der Waals surface area contributed by atoms with E-state index in [4.69, 9.17) is 4.74 Å². The molecule has 1 N–H and O–H groups in total. The average Bonchev–Trinajstić information content (AvgIpc) is 2.29. The molecule has 18 heavy (non-hydrogen) atoms. The van der Waals surface area contributed by atoms with Gasteiger partial charge in [0.2, 0.25) is 0 Å². The lowest BCUT2D eigenvalue weighted by molar-refractivity contribution is -0.385. The molecular weight excluding hydrogens is 232 g/mol. The second-order valence-corrected chi connectivity index (χ2v) is 4.78. The van der Waals surface area contributed by atoms with E-state index in [2.05, 4.69) is 5.32 Å². The Balaban J connectivity index is 1.90. The fraction of sp³-hybridized carbons (Fsp3) is 0.538. The van der Waals surface area contributed by atoms with E-state index in [0.717, 1.165) is 18.4 Å². The molecule has 0 heterocycles. The highest BCUT2D eigenvalue weighted by molar-refractivity contribution is 5.42. The summed E-state index contributed by atoms with van der Waals surface area (Å²) in [6.45, 7) is 2.42. The van der Waals surface area contributed by atoms with Gasteiger partial charge in [-0.2, -0.15) is 0 Å². The quantitative estimate of drug-likeness (QED) is 0.642. The summed E-state index contributed by atoms with van der Waals surface area (Å²) in [5.74, 6) is 0. The molecular formula is C13H18N2O3. The lowest BCUT2D eigenvalue weighted by Crippen LogP contribution is -2.44. The van der Waals surface area contributed by atoms with Crippen LogP contribution in [0.15, 0.2) is 18.2 Å². The normalized spacial score (nSPS) is 22.6. The zero-order valence-corrected chi connectivity index (χ0v) is 10.7. The first-order chi connectivity index (χ1) is 8.60. The van der Waals surface area contributed by atoms with Crippen LogP contribution in [0.25, 0.3) is 0 Å². The molecule has 0 saturated heterocycles. The Labute approximate surface area is 106 Å². The number of nitro benzene ring substituents is 1. The number of nitrogens with one attached hydrogen (secondary N) is 1. The van der Waals surface area contributed by atoms with Gasteiger partial charge in [0, 0.05) is 31.3 Å². The molecule has 0 bridgehead atoms.